The Morgan fingerprint density at radius 1 is 1.47 bits per heavy atom. The average Bonchev–Trinajstić information content (AvgIpc) is 2.32. The second-order valence-corrected chi connectivity index (χ2v) is 4.70. The highest BCUT2D eigenvalue weighted by Crippen LogP contribution is 2.28. The molecule has 2 heterocycles. The molecule has 0 radical (unpaired) electrons. The van der Waals surface area contributed by atoms with Crippen LogP contribution in [0.3, 0.4) is 0 Å². The van der Waals surface area contributed by atoms with Crippen LogP contribution in [0.25, 0.3) is 0 Å². The van der Waals surface area contributed by atoms with Gasteiger partial charge in [0.05, 0.1) is 0 Å². The van der Waals surface area contributed by atoms with Gasteiger partial charge in [0.1, 0.15) is 17.2 Å². The largest absolute Gasteiger partial charge is 0.382 e. The molecule has 2 N–H and O–H groups in total. The standard InChI is InChI=1S/C11H18ClN5/c1-3-16-4-5-17(6-8(16)2)11-9(12)10(13)14-7-15-11/h7-8H,3-6H2,1-2H3,(H2,13,14,15). The molecule has 1 aromatic heterocycles. The summed E-state index contributed by atoms with van der Waals surface area (Å²) < 4.78 is 0. The highest BCUT2D eigenvalue weighted by atomic mass is 35.5. The molecule has 2 rings (SSSR count). The number of nitrogen functional groups attached to an aromatic ring is 1. The molecule has 1 unspecified atom stereocenters. The number of halogens is 1. The quantitative estimate of drug-likeness (QED) is 0.862. The maximum absolute atomic E-state index is 6.14. The zero-order chi connectivity index (χ0) is 12.4. The van der Waals surface area contributed by atoms with Crippen LogP contribution < -0.4 is 10.6 Å². The van der Waals surface area contributed by atoms with E-state index in [-0.39, 0.29) is 0 Å². The Bertz CT molecular complexity index is 397. The molecule has 0 bridgehead atoms. The summed E-state index contributed by atoms with van der Waals surface area (Å²) in [5, 5.41) is 0.463. The summed E-state index contributed by atoms with van der Waals surface area (Å²) in [5.41, 5.74) is 5.70. The van der Waals surface area contributed by atoms with Gasteiger partial charge in [-0.1, -0.05) is 18.5 Å². The second kappa shape index (κ2) is 5.06. The van der Waals surface area contributed by atoms with E-state index in [9.17, 15) is 0 Å². The van der Waals surface area contributed by atoms with Gasteiger partial charge in [-0.05, 0) is 13.5 Å². The van der Waals surface area contributed by atoms with Gasteiger partial charge in [0, 0.05) is 25.7 Å². The lowest BCUT2D eigenvalue weighted by atomic mass is 10.2. The topological polar surface area (TPSA) is 58.3 Å². The summed E-state index contributed by atoms with van der Waals surface area (Å²) in [6, 6.07) is 0.501. The predicted molar refractivity (Wildman–Crippen MR) is 70.4 cm³/mol. The van der Waals surface area contributed by atoms with Crippen LogP contribution in [0.5, 0.6) is 0 Å². The Hall–Kier alpha value is -1.07. The van der Waals surface area contributed by atoms with Crippen molar-refractivity contribution in [3.05, 3.63) is 11.3 Å². The van der Waals surface area contributed by atoms with Gasteiger partial charge in [0.25, 0.3) is 0 Å². The first-order valence-corrected chi connectivity index (χ1v) is 6.26. The number of hydrogen-bond donors (Lipinski definition) is 1. The van der Waals surface area contributed by atoms with Crippen molar-refractivity contribution in [2.75, 3.05) is 36.8 Å². The molecule has 0 amide bonds. The van der Waals surface area contributed by atoms with Gasteiger partial charge >= 0.3 is 0 Å². The normalized spacial score (nSPS) is 21.8. The number of anilines is 2. The van der Waals surface area contributed by atoms with Gasteiger partial charge in [-0.2, -0.15) is 0 Å². The lowest BCUT2D eigenvalue weighted by Crippen LogP contribution is -2.52. The van der Waals surface area contributed by atoms with E-state index >= 15 is 0 Å². The minimum absolute atomic E-state index is 0.349. The maximum Gasteiger partial charge on any atom is 0.153 e. The van der Waals surface area contributed by atoms with Crippen LogP contribution >= 0.6 is 11.6 Å². The third-order valence-electron chi connectivity index (χ3n) is 3.27. The molecule has 0 spiro atoms. The minimum atomic E-state index is 0.349. The van der Waals surface area contributed by atoms with Crippen molar-refractivity contribution in [1.82, 2.24) is 14.9 Å². The summed E-state index contributed by atoms with van der Waals surface area (Å²) >= 11 is 6.14. The third kappa shape index (κ3) is 2.45. The van der Waals surface area contributed by atoms with Crippen LogP contribution in [0, 0.1) is 0 Å². The summed E-state index contributed by atoms with van der Waals surface area (Å²) in [7, 11) is 0. The number of hydrogen-bond acceptors (Lipinski definition) is 5. The molecular weight excluding hydrogens is 238 g/mol. The molecule has 0 saturated carbocycles. The molecule has 1 aromatic rings. The predicted octanol–water partition coefficient (Wildman–Crippen LogP) is 1.24. The fourth-order valence-corrected chi connectivity index (χ4v) is 2.47. The zero-order valence-electron chi connectivity index (χ0n) is 10.2. The molecule has 5 nitrogen and oxygen atoms in total. The van der Waals surface area contributed by atoms with Crippen molar-refractivity contribution in [2.45, 2.75) is 19.9 Å². The van der Waals surface area contributed by atoms with Crippen molar-refractivity contribution in [3.8, 4) is 0 Å². The molecule has 94 valence electrons. The lowest BCUT2D eigenvalue weighted by Gasteiger charge is -2.40. The summed E-state index contributed by atoms with van der Waals surface area (Å²) in [4.78, 5) is 12.7. The van der Waals surface area contributed by atoms with E-state index < -0.39 is 0 Å². The highest BCUT2D eigenvalue weighted by Gasteiger charge is 2.25. The smallest absolute Gasteiger partial charge is 0.153 e. The van der Waals surface area contributed by atoms with Gasteiger partial charge in [-0.15, -0.1) is 0 Å². The van der Waals surface area contributed by atoms with E-state index in [1.165, 1.54) is 6.33 Å². The molecule has 17 heavy (non-hydrogen) atoms. The fraction of sp³-hybridized carbons (Fsp3) is 0.636. The SMILES string of the molecule is CCN1CCN(c2ncnc(N)c2Cl)CC1C. The number of aromatic nitrogens is 2. The lowest BCUT2D eigenvalue weighted by molar-refractivity contribution is 0.199. The number of nitrogens with zero attached hydrogens (tertiary/aromatic N) is 4. The van der Waals surface area contributed by atoms with Crippen LogP contribution in [0.15, 0.2) is 6.33 Å². The number of piperazine rings is 1. The summed E-state index contributed by atoms with van der Waals surface area (Å²) in [6.07, 6.45) is 1.47. The van der Waals surface area contributed by atoms with Crippen LogP contribution in [0.2, 0.25) is 5.02 Å². The molecule has 1 fully saturated rings. The Labute approximate surface area is 107 Å². The van der Waals surface area contributed by atoms with Crippen molar-refractivity contribution in [1.29, 1.82) is 0 Å². The zero-order valence-corrected chi connectivity index (χ0v) is 11.0. The second-order valence-electron chi connectivity index (χ2n) is 4.32. The molecular formula is C11H18ClN5. The van der Waals surface area contributed by atoms with E-state index in [4.69, 9.17) is 17.3 Å². The molecule has 1 atom stereocenters. The van der Waals surface area contributed by atoms with Crippen LogP contribution in [0.4, 0.5) is 11.6 Å². The van der Waals surface area contributed by atoms with Crippen molar-refractivity contribution < 1.29 is 0 Å². The summed E-state index contributed by atoms with van der Waals surface area (Å²) in [5.74, 6) is 1.10. The van der Waals surface area contributed by atoms with Gasteiger partial charge < -0.3 is 10.6 Å². The first kappa shape index (κ1) is 12.4. The fourth-order valence-electron chi connectivity index (χ4n) is 2.25. The number of nitrogens with two attached hydrogens (primary N) is 1. The van der Waals surface area contributed by atoms with E-state index in [1.54, 1.807) is 0 Å². The van der Waals surface area contributed by atoms with Crippen LogP contribution in [-0.2, 0) is 0 Å². The van der Waals surface area contributed by atoms with Crippen LogP contribution in [0.1, 0.15) is 13.8 Å². The Kier molecular flexibility index (Phi) is 3.69. The molecule has 1 saturated heterocycles. The van der Waals surface area contributed by atoms with E-state index in [0.717, 1.165) is 32.0 Å². The van der Waals surface area contributed by atoms with E-state index in [1.807, 2.05) is 0 Å². The summed E-state index contributed by atoms with van der Waals surface area (Å²) in [6.45, 7) is 8.35. The van der Waals surface area contributed by atoms with Gasteiger partial charge in [-0.25, -0.2) is 9.97 Å². The van der Waals surface area contributed by atoms with Crippen molar-refractivity contribution in [2.24, 2.45) is 0 Å². The molecule has 0 aromatic carbocycles. The Morgan fingerprint density at radius 2 is 2.24 bits per heavy atom. The van der Waals surface area contributed by atoms with Crippen molar-refractivity contribution >= 4 is 23.2 Å². The third-order valence-corrected chi connectivity index (χ3v) is 3.63. The Balaban J connectivity index is 2.16. The molecule has 1 aliphatic heterocycles. The van der Waals surface area contributed by atoms with E-state index in [0.29, 0.717) is 16.9 Å². The first-order valence-electron chi connectivity index (χ1n) is 5.88. The van der Waals surface area contributed by atoms with Gasteiger partial charge in [-0.3, -0.25) is 4.90 Å². The maximum atomic E-state index is 6.14. The molecule has 1 aliphatic rings. The van der Waals surface area contributed by atoms with E-state index in [2.05, 4.69) is 33.6 Å². The Morgan fingerprint density at radius 3 is 2.88 bits per heavy atom. The van der Waals surface area contributed by atoms with Crippen LogP contribution in [-0.4, -0.2) is 47.1 Å². The van der Waals surface area contributed by atoms with Gasteiger partial charge in [0.2, 0.25) is 0 Å². The molecule has 6 heteroatoms. The number of likely N-dealkylation sites (N-methyl/N-ethyl adjacent to an activating group) is 1. The molecule has 0 aliphatic carbocycles. The minimum Gasteiger partial charge on any atom is -0.382 e. The first-order chi connectivity index (χ1) is 8.13. The monoisotopic (exact) mass is 255 g/mol. The highest BCUT2D eigenvalue weighted by molar-refractivity contribution is 6.35. The number of rotatable bonds is 2. The van der Waals surface area contributed by atoms with Gasteiger partial charge in [0.15, 0.2) is 5.82 Å². The van der Waals surface area contributed by atoms with Crippen molar-refractivity contribution in [3.63, 3.8) is 0 Å². The average molecular weight is 256 g/mol.